The van der Waals surface area contributed by atoms with Crippen molar-refractivity contribution in [1.29, 1.82) is 0 Å². The van der Waals surface area contributed by atoms with Gasteiger partial charge in [-0.1, -0.05) is 6.92 Å². The molecule has 0 aromatic carbocycles. The second-order valence-corrected chi connectivity index (χ2v) is 5.77. The second kappa shape index (κ2) is 7.10. The maximum Gasteiger partial charge on any atom is 0.176 e. The molecular formula is C13H27N7. The number of likely N-dealkylation sites (N-methyl/N-ethyl adjacent to an activating group) is 2. The fourth-order valence-electron chi connectivity index (χ4n) is 2.75. The third-order valence-corrected chi connectivity index (χ3v) is 3.97. The molecule has 2 rings (SSSR count). The zero-order valence-electron chi connectivity index (χ0n) is 13.1. The Hall–Kier alpha value is -1.05. The number of piperazine rings is 1. The van der Waals surface area contributed by atoms with Crippen LogP contribution in [0.4, 0.5) is 0 Å². The maximum atomic E-state index is 4.32. The van der Waals surface area contributed by atoms with Crippen LogP contribution in [0, 0.1) is 0 Å². The van der Waals surface area contributed by atoms with Gasteiger partial charge in [-0.15, -0.1) is 10.2 Å². The molecule has 0 aliphatic carbocycles. The van der Waals surface area contributed by atoms with Crippen LogP contribution in [0.2, 0.25) is 0 Å². The lowest BCUT2D eigenvalue weighted by Crippen LogP contribution is -2.59. The first kappa shape index (κ1) is 15.3. The van der Waals surface area contributed by atoms with Gasteiger partial charge in [-0.3, -0.25) is 4.90 Å². The lowest BCUT2D eigenvalue weighted by Gasteiger charge is -2.42. The van der Waals surface area contributed by atoms with Crippen LogP contribution >= 0.6 is 0 Å². The monoisotopic (exact) mass is 281 g/mol. The Morgan fingerprint density at radius 3 is 2.75 bits per heavy atom. The van der Waals surface area contributed by atoms with Crippen LogP contribution in [0.25, 0.3) is 0 Å². The molecule has 1 aliphatic heterocycles. The van der Waals surface area contributed by atoms with Gasteiger partial charge >= 0.3 is 0 Å². The van der Waals surface area contributed by atoms with Crippen LogP contribution in [0.3, 0.4) is 0 Å². The highest BCUT2D eigenvalue weighted by molar-refractivity contribution is 4.95. The summed E-state index contributed by atoms with van der Waals surface area (Å²) in [5.74, 6) is 0.822. The Labute approximate surface area is 121 Å². The number of nitrogens with one attached hydrogen (secondary N) is 1. The van der Waals surface area contributed by atoms with Gasteiger partial charge in [0.15, 0.2) is 5.82 Å². The predicted molar refractivity (Wildman–Crippen MR) is 78.5 cm³/mol. The summed E-state index contributed by atoms with van der Waals surface area (Å²) in [5, 5.41) is 16.0. The molecule has 114 valence electrons. The van der Waals surface area contributed by atoms with Gasteiger partial charge in [0.25, 0.3) is 0 Å². The molecule has 1 saturated heterocycles. The molecule has 0 bridgehead atoms. The van der Waals surface area contributed by atoms with E-state index in [4.69, 9.17) is 0 Å². The Kier molecular flexibility index (Phi) is 5.45. The lowest BCUT2D eigenvalue weighted by atomic mass is 10.0. The molecule has 7 nitrogen and oxygen atoms in total. The number of nitrogens with zero attached hydrogens (tertiary/aromatic N) is 6. The van der Waals surface area contributed by atoms with Gasteiger partial charge in [0.05, 0.1) is 7.05 Å². The third kappa shape index (κ3) is 3.97. The predicted octanol–water partition coefficient (Wildman–Crippen LogP) is -0.633. The minimum atomic E-state index is 0.368. The smallest absolute Gasteiger partial charge is 0.176 e. The molecule has 2 atom stereocenters. The molecule has 20 heavy (non-hydrogen) atoms. The molecule has 2 heterocycles. The molecule has 1 fully saturated rings. The summed E-state index contributed by atoms with van der Waals surface area (Å²) in [7, 11) is 6.21. The van der Waals surface area contributed by atoms with Gasteiger partial charge in [0.2, 0.25) is 0 Å². The van der Waals surface area contributed by atoms with Crippen molar-refractivity contribution >= 4 is 0 Å². The lowest BCUT2D eigenvalue weighted by molar-refractivity contribution is 0.0871. The van der Waals surface area contributed by atoms with E-state index in [0.29, 0.717) is 12.1 Å². The fraction of sp³-hybridized carbons (Fsp3) is 0.923. The fourth-order valence-corrected chi connectivity index (χ4v) is 2.75. The highest BCUT2D eigenvalue weighted by atomic mass is 15.6. The molecular weight excluding hydrogens is 254 g/mol. The van der Waals surface area contributed by atoms with Crippen molar-refractivity contribution in [3.05, 3.63) is 5.82 Å². The van der Waals surface area contributed by atoms with E-state index in [0.717, 1.165) is 44.8 Å². The second-order valence-electron chi connectivity index (χ2n) is 5.77. The van der Waals surface area contributed by atoms with Crippen LogP contribution in [0.5, 0.6) is 0 Å². The molecule has 1 aromatic rings. The third-order valence-electron chi connectivity index (χ3n) is 3.97. The molecule has 7 heteroatoms. The Bertz CT molecular complexity index is 405. The van der Waals surface area contributed by atoms with E-state index in [1.54, 1.807) is 0 Å². The summed E-state index contributed by atoms with van der Waals surface area (Å²) in [5.41, 5.74) is 0. The SMILES string of the molecule is CCCNC(Cc1nnn(C)n1)C1CN(C)CCN1C. The van der Waals surface area contributed by atoms with Crippen LogP contribution in [-0.4, -0.2) is 82.4 Å². The molecule has 0 radical (unpaired) electrons. The van der Waals surface area contributed by atoms with Crippen molar-refractivity contribution in [2.24, 2.45) is 7.05 Å². The van der Waals surface area contributed by atoms with Crippen molar-refractivity contribution in [1.82, 2.24) is 35.3 Å². The van der Waals surface area contributed by atoms with E-state index in [1.807, 2.05) is 7.05 Å². The average molecular weight is 281 g/mol. The van der Waals surface area contributed by atoms with E-state index < -0.39 is 0 Å². The Balaban J connectivity index is 2.05. The van der Waals surface area contributed by atoms with Gasteiger partial charge in [-0.2, -0.15) is 4.80 Å². The molecule has 1 aliphatic rings. The van der Waals surface area contributed by atoms with Crippen molar-refractivity contribution in [2.75, 3.05) is 40.3 Å². The largest absolute Gasteiger partial charge is 0.312 e. The molecule has 0 spiro atoms. The maximum absolute atomic E-state index is 4.32. The van der Waals surface area contributed by atoms with Crippen molar-refractivity contribution in [2.45, 2.75) is 31.8 Å². The topological polar surface area (TPSA) is 62.1 Å². The summed E-state index contributed by atoms with van der Waals surface area (Å²) in [4.78, 5) is 6.38. The van der Waals surface area contributed by atoms with E-state index in [2.05, 4.69) is 51.5 Å². The Morgan fingerprint density at radius 2 is 2.10 bits per heavy atom. The highest BCUT2D eigenvalue weighted by Crippen LogP contribution is 2.13. The van der Waals surface area contributed by atoms with Crippen LogP contribution in [0.15, 0.2) is 0 Å². The first-order valence-electron chi connectivity index (χ1n) is 7.45. The number of hydrogen-bond acceptors (Lipinski definition) is 6. The van der Waals surface area contributed by atoms with Crippen molar-refractivity contribution in [3.63, 3.8) is 0 Å². The van der Waals surface area contributed by atoms with E-state index >= 15 is 0 Å². The normalized spacial score (nSPS) is 23.1. The average Bonchev–Trinajstić information content (AvgIpc) is 2.83. The molecule has 2 unspecified atom stereocenters. The summed E-state index contributed by atoms with van der Waals surface area (Å²) in [6, 6.07) is 0.857. The number of aryl methyl sites for hydroxylation is 1. The van der Waals surface area contributed by atoms with E-state index in [1.165, 1.54) is 4.80 Å². The van der Waals surface area contributed by atoms with Crippen molar-refractivity contribution < 1.29 is 0 Å². The zero-order chi connectivity index (χ0) is 14.5. The highest BCUT2D eigenvalue weighted by Gasteiger charge is 2.30. The zero-order valence-corrected chi connectivity index (χ0v) is 13.1. The minimum Gasteiger partial charge on any atom is -0.312 e. The summed E-state index contributed by atoms with van der Waals surface area (Å²) >= 11 is 0. The van der Waals surface area contributed by atoms with Gasteiger partial charge < -0.3 is 10.2 Å². The first-order valence-corrected chi connectivity index (χ1v) is 7.45. The van der Waals surface area contributed by atoms with Crippen LogP contribution < -0.4 is 5.32 Å². The minimum absolute atomic E-state index is 0.368. The quantitative estimate of drug-likeness (QED) is 0.749. The molecule has 1 aromatic heterocycles. The van der Waals surface area contributed by atoms with Gasteiger partial charge in [0, 0.05) is 38.1 Å². The van der Waals surface area contributed by atoms with Crippen molar-refractivity contribution in [3.8, 4) is 0 Å². The van der Waals surface area contributed by atoms with Gasteiger partial charge in [0.1, 0.15) is 0 Å². The molecule has 1 N–H and O–H groups in total. The number of hydrogen-bond donors (Lipinski definition) is 1. The number of aromatic nitrogens is 4. The summed E-state index contributed by atoms with van der Waals surface area (Å²) in [6.07, 6.45) is 1.97. The summed E-state index contributed by atoms with van der Waals surface area (Å²) < 4.78 is 0. The van der Waals surface area contributed by atoms with E-state index in [-0.39, 0.29) is 0 Å². The van der Waals surface area contributed by atoms with Crippen LogP contribution in [0.1, 0.15) is 19.2 Å². The first-order chi connectivity index (χ1) is 9.60. The summed E-state index contributed by atoms with van der Waals surface area (Å²) in [6.45, 7) is 6.55. The molecule has 0 amide bonds. The number of tetrazole rings is 1. The van der Waals surface area contributed by atoms with Gasteiger partial charge in [-0.25, -0.2) is 0 Å². The Morgan fingerprint density at radius 1 is 1.30 bits per heavy atom. The standard InChI is InChI=1S/C13H27N7/c1-5-6-14-11(9-13-15-17-20(4)16-13)12-10-18(2)7-8-19(12)3/h11-12,14H,5-10H2,1-4H3. The van der Waals surface area contributed by atoms with Crippen LogP contribution in [-0.2, 0) is 13.5 Å². The van der Waals surface area contributed by atoms with E-state index in [9.17, 15) is 0 Å². The van der Waals surface area contributed by atoms with Gasteiger partial charge in [-0.05, 0) is 32.3 Å². The number of rotatable bonds is 6. The molecule has 0 saturated carbocycles.